The van der Waals surface area contributed by atoms with Crippen molar-refractivity contribution in [2.24, 2.45) is 0 Å². The molecule has 160 valence electrons. The van der Waals surface area contributed by atoms with E-state index >= 15 is 0 Å². The van der Waals surface area contributed by atoms with E-state index in [9.17, 15) is 9.18 Å². The van der Waals surface area contributed by atoms with E-state index in [0.29, 0.717) is 28.6 Å². The summed E-state index contributed by atoms with van der Waals surface area (Å²) in [5.41, 5.74) is 5.24. The molecule has 0 amide bonds. The molecule has 0 atom stereocenters. The van der Waals surface area contributed by atoms with Crippen molar-refractivity contribution in [2.45, 2.75) is 13.8 Å². The lowest BCUT2D eigenvalue weighted by molar-refractivity contribution is 0.353. The Morgan fingerprint density at radius 3 is 2.68 bits per heavy atom. The van der Waals surface area contributed by atoms with Gasteiger partial charge in [0, 0.05) is 23.5 Å². The van der Waals surface area contributed by atoms with E-state index in [0.717, 1.165) is 10.2 Å². The van der Waals surface area contributed by atoms with E-state index in [1.807, 2.05) is 13.0 Å². The van der Waals surface area contributed by atoms with E-state index < -0.39 is 11.6 Å². The van der Waals surface area contributed by atoms with Crippen LogP contribution in [0, 0.1) is 19.7 Å². The number of anilines is 3. The smallest absolute Gasteiger partial charge is 0.439 e. The topological polar surface area (TPSA) is 103 Å². The zero-order valence-corrected chi connectivity index (χ0v) is 17.3. The van der Waals surface area contributed by atoms with Gasteiger partial charge in [0.1, 0.15) is 5.52 Å². The average Bonchev–Trinajstić information content (AvgIpc) is 3.06. The minimum absolute atomic E-state index is 0.133. The summed E-state index contributed by atoms with van der Waals surface area (Å²) in [4.78, 5) is 21.0. The highest BCUT2D eigenvalue weighted by Crippen LogP contribution is 2.34. The largest absolute Gasteiger partial charge is 0.493 e. The first-order chi connectivity index (χ1) is 14.9. The third kappa shape index (κ3) is 3.75. The zero-order valence-electron chi connectivity index (χ0n) is 17.3. The van der Waals surface area contributed by atoms with Gasteiger partial charge < -0.3 is 19.2 Å². The highest BCUT2D eigenvalue weighted by molar-refractivity contribution is 5.74. The summed E-state index contributed by atoms with van der Waals surface area (Å²) in [5, 5.41) is 3.11. The summed E-state index contributed by atoms with van der Waals surface area (Å²) in [6.07, 6.45) is 1.60. The second-order valence-corrected chi connectivity index (χ2v) is 6.78. The molecule has 0 bridgehead atoms. The molecule has 4 aromatic rings. The molecule has 0 spiro atoms. The van der Waals surface area contributed by atoms with Crippen LogP contribution in [0.25, 0.3) is 11.1 Å². The van der Waals surface area contributed by atoms with Crippen LogP contribution in [-0.4, -0.2) is 28.9 Å². The van der Waals surface area contributed by atoms with Crippen molar-refractivity contribution in [2.75, 3.05) is 25.0 Å². The fraction of sp³-hybridized carbons (Fsp3) is 0.190. The number of fused-ring (bicyclic) bond motifs is 1. The molecule has 4 rings (SSSR count). The van der Waals surface area contributed by atoms with Crippen molar-refractivity contribution in [3.63, 3.8) is 0 Å². The number of methoxy groups -OCH3 is 2. The fourth-order valence-corrected chi connectivity index (χ4v) is 3.19. The zero-order chi connectivity index (χ0) is 22.1. The monoisotopic (exact) mass is 425 g/mol. The molecule has 9 nitrogen and oxygen atoms in total. The number of rotatable bonds is 6. The molecule has 2 aromatic carbocycles. The molecule has 0 unspecified atom stereocenters. The number of oxazole rings is 1. The van der Waals surface area contributed by atoms with E-state index in [4.69, 9.17) is 13.9 Å². The maximum absolute atomic E-state index is 13.9. The van der Waals surface area contributed by atoms with Gasteiger partial charge in [-0.25, -0.2) is 14.2 Å². The van der Waals surface area contributed by atoms with E-state index in [2.05, 4.69) is 20.7 Å². The number of ether oxygens (including phenoxy) is 2. The van der Waals surface area contributed by atoms with Crippen LogP contribution in [-0.2, 0) is 0 Å². The van der Waals surface area contributed by atoms with Crippen LogP contribution in [0.2, 0.25) is 0 Å². The van der Waals surface area contributed by atoms with Gasteiger partial charge >= 0.3 is 5.76 Å². The van der Waals surface area contributed by atoms with Crippen LogP contribution in [0.1, 0.15) is 11.1 Å². The van der Waals surface area contributed by atoms with E-state index in [1.54, 1.807) is 39.5 Å². The molecule has 2 heterocycles. The summed E-state index contributed by atoms with van der Waals surface area (Å²) in [6, 6.07) is 7.91. The lowest BCUT2D eigenvalue weighted by Crippen LogP contribution is -2.23. The van der Waals surface area contributed by atoms with Gasteiger partial charge in [-0.05, 0) is 37.6 Å². The lowest BCUT2D eigenvalue weighted by Gasteiger charge is -2.14. The second-order valence-electron chi connectivity index (χ2n) is 6.78. The molecule has 0 saturated carbocycles. The Bertz CT molecular complexity index is 1330. The Balaban J connectivity index is 1.68. The van der Waals surface area contributed by atoms with E-state index in [1.165, 1.54) is 12.1 Å². The Hall–Kier alpha value is -4.08. The summed E-state index contributed by atoms with van der Waals surface area (Å²) in [6.45, 7) is 3.67. The summed E-state index contributed by atoms with van der Waals surface area (Å²) < 4.78 is 30.8. The Labute approximate surface area is 176 Å². The third-order valence-electron chi connectivity index (χ3n) is 4.67. The third-order valence-corrected chi connectivity index (χ3v) is 4.67. The van der Waals surface area contributed by atoms with Gasteiger partial charge in [-0.2, -0.15) is 9.66 Å². The predicted octanol–water partition coefficient (Wildman–Crippen LogP) is 3.78. The quantitative estimate of drug-likeness (QED) is 0.481. The summed E-state index contributed by atoms with van der Waals surface area (Å²) in [7, 11) is 3.13. The van der Waals surface area contributed by atoms with Gasteiger partial charge in [0.15, 0.2) is 28.7 Å². The number of nitrogens with one attached hydrogen (secondary N) is 2. The average molecular weight is 425 g/mol. The fourth-order valence-electron chi connectivity index (χ4n) is 3.19. The number of hydrogen-bond donors (Lipinski definition) is 2. The second kappa shape index (κ2) is 7.98. The van der Waals surface area contributed by atoms with Gasteiger partial charge in [-0.15, -0.1) is 0 Å². The first-order valence-electron chi connectivity index (χ1n) is 9.31. The highest BCUT2D eigenvalue weighted by atomic mass is 19.1. The minimum Gasteiger partial charge on any atom is -0.493 e. The van der Waals surface area contributed by atoms with Crippen molar-refractivity contribution in [1.29, 1.82) is 0 Å². The molecule has 0 radical (unpaired) electrons. The van der Waals surface area contributed by atoms with Gasteiger partial charge in [-0.1, -0.05) is 6.07 Å². The molecule has 2 N–H and O–H groups in total. The van der Waals surface area contributed by atoms with Crippen molar-refractivity contribution < 1.29 is 18.3 Å². The molecule has 31 heavy (non-hydrogen) atoms. The number of benzene rings is 2. The maximum atomic E-state index is 13.9. The van der Waals surface area contributed by atoms with Gasteiger partial charge in [0.25, 0.3) is 0 Å². The van der Waals surface area contributed by atoms with Gasteiger partial charge in [-0.3, -0.25) is 5.43 Å². The minimum atomic E-state index is -0.761. The number of nitrogens with zero attached hydrogens (tertiary/aromatic N) is 3. The van der Waals surface area contributed by atoms with Crippen LogP contribution >= 0.6 is 0 Å². The number of halogens is 1. The van der Waals surface area contributed by atoms with Crippen LogP contribution in [0.3, 0.4) is 0 Å². The first-order valence-corrected chi connectivity index (χ1v) is 9.31. The first kappa shape index (κ1) is 20.2. The Morgan fingerprint density at radius 2 is 1.94 bits per heavy atom. The van der Waals surface area contributed by atoms with Crippen LogP contribution in [0.4, 0.5) is 21.8 Å². The van der Waals surface area contributed by atoms with Crippen molar-refractivity contribution in [3.05, 3.63) is 64.0 Å². The van der Waals surface area contributed by atoms with Gasteiger partial charge in [0.2, 0.25) is 5.95 Å². The van der Waals surface area contributed by atoms with E-state index in [-0.39, 0.29) is 17.0 Å². The Morgan fingerprint density at radius 1 is 1.13 bits per heavy atom. The maximum Gasteiger partial charge on any atom is 0.439 e. The van der Waals surface area contributed by atoms with Crippen LogP contribution in [0.15, 0.2) is 45.7 Å². The van der Waals surface area contributed by atoms with Gasteiger partial charge in [0.05, 0.1) is 14.2 Å². The van der Waals surface area contributed by atoms with Crippen LogP contribution in [0.5, 0.6) is 11.5 Å². The molecule has 0 aliphatic rings. The molecule has 2 aromatic heterocycles. The molecule has 0 aliphatic heterocycles. The molecular weight excluding hydrogens is 405 g/mol. The highest BCUT2D eigenvalue weighted by Gasteiger charge is 2.15. The summed E-state index contributed by atoms with van der Waals surface area (Å²) in [5.74, 6) is 0.451. The lowest BCUT2D eigenvalue weighted by atomic mass is 10.2. The summed E-state index contributed by atoms with van der Waals surface area (Å²) >= 11 is 0. The molecule has 0 saturated heterocycles. The number of hydrogen-bond acceptors (Lipinski definition) is 8. The molecule has 0 fully saturated rings. The van der Waals surface area contributed by atoms with Crippen molar-refractivity contribution in [3.8, 4) is 11.5 Å². The van der Waals surface area contributed by atoms with Crippen LogP contribution < -0.4 is 26.0 Å². The van der Waals surface area contributed by atoms with Crippen molar-refractivity contribution in [1.82, 2.24) is 14.6 Å². The number of aromatic nitrogens is 3. The SMILES string of the molecule is COc1cc(Nc2ncc(C)c(Nn3c(=O)oc4c(F)cccc43)n2)cc(C)c1OC. The number of aryl methyl sites for hydroxylation is 2. The number of para-hydroxylation sites is 1. The molecule has 10 heteroatoms. The van der Waals surface area contributed by atoms with Crippen molar-refractivity contribution >= 4 is 28.6 Å². The normalized spacial score (nSPS) is 10.9. The molecule has 0 aliphatic carbocycles. The standard InChI is InChI=1S/C21H20FN5O4/c1-11-8-13(9-16(29-3)17(11)30-4)24-20-23-10-12(2)19(25-20)26-27-15-7-5-6-14(22)18(15)31-21(27)28/h5-10H,1-4H3,(H2,23,24,25,26). The predicted molar refractivity (Wildman–Crippen MR) is 114 cm³/mol. The molecular formula is C21H20FN5O4. The Kier molecular flexibility index (Phi) is 5.20.